The van der Waals surface area contributed by atoms with Crippen LogP contribution in [0.4, 0.5) is 8.78 Å². The van der Waals surface area contributed by atoms with E-state index in [0.29, 0.717) is 29.1 Å². The minimum atomic E-state index is -0.663. The smallest absolute Gasteiger partial charge is 0.249 e. The van der Waals surface area contributed by atoms with Crippen LogP contribution in [0.2, 0.25) is 5.02 Å². The maximum atomic E-state index is 13.7. The number of carbonyl (C=O) groups excluding carboxylic acids is 1. The molecule has 3 fully saturated rings. The molecule has 3 aromatic rings. The summed E-state index contributed by atoms with van der Waals surface area (Å²) in [5.74, 6) is -1.41. The van der Waals surface area contributed by atoms with Crippen molar-refractivity contribution in [1.82, 2.24) is 14.8 Å². The fraction of sp³-hybridized carbons (Fsp3) is 0.333. The third-order valence-electron chi connectivity index (χ3n) is 7.16. The summed E-state index contributed by atoms with van der Waals surface area (Å²) in [7, 11) is 0. The van der Waals surface area contributed by atoms with Crippen LogP contribution < -0.4 is 0 Å². The molecule has 0 spiro atoms. The molecule has 0 radical (unpaired) electrons. The molecule has 166 valence electrons. The highest BCUT2D eigenvalue weighted by Gasteiger charge is 2.72. The lowest BCUT2D eigenvalue weighted by molar-refractivity contribution is -0.223. The second-order valence-corrected chi connectivity index (χ2v) is 9.95. The van der Waals surface area contributed by atoms with E-state index < -0.39 is 23.1 Å². The number of fused-ring (bicyclic) bond motifs is 1. The van der Waals surface area contributed by atoms with Gasteiger partial charge >= 0.3 is 0 Å². The molecule has 7 rings (SSSR count). The van der Waals surface area contributed by atoms with E-state index in [1.54, 1.807) is 18.3 Å². The Labute approximate surface area is 193 Å². The molecular formula is C24H18ClF2N5O. The first-order valence-electron chi connectivity index (χ1n) is 10.7. The van der Waals surface area contributed by atoms with Crippen molar-refractivity contribution in [3.63, 3.8) is 0 Å². The van der Waals surface area contributed by atoms with E-state index in [2.05, 4.69) is 16.3 Å². The Morgan fingerprint density at radius 3 is 2.61 bits per heavy atom. The molecule has 1 aromatic heterocycles. The Morgan fingerprint density at radius 1 is 1.18 bits per heavy atom. The molecule has 3 saturated carbocycles. The summed E-state index contributed by atoms with van der Waals surface area (Å²) < 4.78 is 29.3. The zero-order chi connectivity index (χ0) is 23.0. The zero-order valence-corrected chi connectivity index (χ0v) is 18.2. The van der Waals surface area contributed by atoms with Gasteiger partial charge in [-0.05, 0) is 54.5 Å². The monoisotopic (exact) mass is 465 g/mol. The van der Waals surface area contributed by atoms with Crippen LogP contribution in [0.15, 0.2) is 41.6 Å². The van der Waals surface area contributed by atoms with Gasteiger partial charge in [-0.25, -0.2) is 13.8 Å². The third kappa shape index (κ3) is 3.06. The van der Waals surface area contributed by atoms with E-state index in [0.717, 1.165) is 36.2 Å². The summed E-state index contributed by atoms with van der Waals surface area (Å²) in [6.07, 6.45) is 6.16. The molecule has 1 amide bonds. The summed E-state index contributed by atoms with van der Waals surface area (Å²) >= 11 is 6.11. The number of nitrogens with zero attached hydrogens (tertiary/aromatic N) is 5. The van der Waals surface area contributed by atoms with Crippen LogP contribution in [0.3, 0.4) is 0 Å². The number of amides is 1. The molecule has 0 saturated heterocycles. The van der Waals surface area contributed by atoms with Crippen molar-refractivity contribution in [2.24, 2.45) is 15.9 Å². The molecule has 1 unspecified atom stereocenters. The van der Waals surface area contributed by atoms with Crippen LogP contribution in [-0.4, -0.2) is 26.9 Å². The largest absolute Gasteiger partial charge is 0.272 e. The molecule has 1 aliphatic heterocycles. The van der Waals surface area contributed by atoms with E-state index >= 15 is 0 Å². The fourth-order valence-corrected chi connectivity index (χ4v) is 6.10. The predicted molar refractivity (Wildman–Crippen MR) is 117 cm³/mol. The van der Waals surface area contributed by atoms with Crippen molar-refractivity contribution in [2.75, 3.05) is 0 Å². The number of hydrogen-bond acceptors (Lipinski definition) is 4. The number of hydrogen-bond donors (Lipinski definition) is 0. The van der Waals surface area contributed by atoms with Crippen molar-refractivity contribution in [3.8, 4) is 6.07 Å². The molecule has 9 heteroatoms. The highest BCUT2D eigenvalue weighted by atomic mass is 35.5. The van der Waals surface area contributed by atoms with Gasteiger partial charge < -0.3 is 0 Å². The van der Waals surface area contributed by atoms with Gasteiger partial charge in [0.25, 0.3) is 0 Å². The Kier molecular flexibility index (Phi) is 4.21. The van der Waals surface area contributed by atoms with E-state index in [9.17, 15) is 13.6 Å². The van der Waals surface area contributed by atoms with Gasteiger partial charge in [-0.3, -0.25) is 9.48 Å². The van der Waals surface area contributed by atoms with Gasteiger partial charge in [0.15, 0.2) is 0 Å². The quantitative estimate of drug-likeness (QED) is 0.546. The van der Waals surface area contributed by atoms with Gasteiger partial charge in [0.1, 0.15) is 17.7 Å². The van der Waals surface area contributed by atoms with Crippen LogP contribution in [0, 0.1) is 33.8 Å². The van der Waals surface area contributed by atoms with E-state index in [4.69, 9.17) is 16.9 Å². The summed E-state index contributed by atoms with van der Waals surface area (Å²) in [5.41, 5.74) is 1.10. The second-order valence-electron chi connectivity index (χ2n) is 9.54. The molecule has 1 atom stereocenters. The first kappa shape index (κ1) is 20.3. The van der Waals surface area contributed by atoms with Gasteiger partial charge in [0, 0.05) is 36.8 Å². The summed E-state index contributed by atoms with van der Waals surface area (Å²) in [6, 6.07) is 8.37. The molecule has 2 heterocycles. The Balaban J connectivity index is 1.17. The van der Waals surface area contributed by atoms with Crippen molar-refractivity contribution in [3.05, 3.63) is 64.3 Å². The minimum Gasteiger partial charge on any atom is -0.272 e. The van der Waals surface area contributed by atoms with E-state index in [-0.39, 0.29) is 11.3 Å². The number of hydrazone groups is 1. The summed E-state index contributed by atoms with van der Waals surface area (Å²) in [6.45, 7) is 0.679. The molecule has 4 aliphatic rings. The van der Waals surface area contributed by atoms with Crippen LogP contribution in [0.25, 0.3) is 10.9 Å². The number of benzene rings is 2. The highest BCUT2D eigenvalue weighted by Crippen LogP contribution is 2.74. The first-order valence-corrected chi connectivity index (χ1v) is 11.1. The molecule has 2 bridgehead atoms. The maximum Gasteiger partial charge on any atom is 0.249 e. The van der Waals surface area contributed by atoms with Crippen LogP contribution in [-0.2, 0) is 11.3 Å². The minimum absolute atomic E-state index is 0.00343. The second kappa shape index (κ2) is 6.84. The topological polar surface area (TPSA) is 74.3 Å². The van der Waals surface area contributed by atoms with Gasteiger partial charge in [0.2, 0.25) is 5.91 Å². The number of nitriles is 1. The number of halogens is 3. The van der Waals surface area contributed by atoms with Crippen molar-refractivity contribution < 1.29 is 13.6 Å². The lowest BCUT2D eigenvalue weighted by Gasteiger charge is -2.69. The molecule has 6 nitrogen and oxygen atoms in total. The average molecular weight is 466 g/mol. The number of aromatic nitrogens is 2. The van der Waals surface area contributed by atoms with E-state index in [1.807, 2.05) is 10.9 Å². The predicted octanol–water partition coefficient (Wildman–Crippen LogP) is 4.97. The average Bonchev–Trinajstić information content (AvgIpc) is 3.34. The Hall–Kier alpha value is -3.31. The normalized spacial score (nSPS) is 27.3. The maximum absolute atomic E-state index is 13.7. The van der Waals surface area contributed by atoms with Gasteiger partial charge in [-0.1, -0.05) is 11.6 Å². The molecule has 2 aromatic carbocycles. The lowest BCUT2D eigenvalue weighted by Crippen LogP contribution is -2.68. The van der Waals surface area contributed by atoms with Gasteiger partial charge in [0.05, 0.1) is 27.6 Å². The molecule has 33 heavy (non-hydrogen) atoms. The number of rotatable bonds is 4. The zero-order valence-electron chi connectivity index (χ0n) is 17.4. The van der Waals surface area contributed by atoms with Crippen molar-refractivity contribution in [2.45, 2.75) is 38.3 Å². The van der Waals surface area contributed by atoms with Crippen molar-refractivity contribution >= 4 is 34.6 Å². The molecule has 0 N–H and O–H groups in total. The highest BCUT2D eigenvalue weighted by molar-refractivity contribution is 6.32. The third-order valence-corrected chi connectivity index (χ3v) is 7.47. The Bertz CT molecular complexity index is 1370. The van der Waals surface area contributed by atoms with Crippen LogP contribution in [0.5, 0.6) is 0 Å². The SMILES string of the molecule is N#Cc1cc2cn(CC34CC(C(=O)N5N=CCC5c5cc(F)cc(F)c5)(C3)C4)nc2cc1Cl. The summed E-state index contributed by atoms with van der Waals surface area (Å²) in [5, 5.41) is 20.6. The number of carbonyl (C=O) groups is 1. The first-order chi connectivity index (χ1) is 15.8. The molecular weight excluding hydrogens is 448 g/mol. The summed E-state index contributed by atoms with van der Waals surface area (Å²) in [4.78, 5) is 13.3. The molecule has 3 aliphatic carbocycles. The fourth-order valence-electron chi connectivity index (χ4n) is 5.90. The standard InChI is InChI=1S/C24H18ClF2N5O/c25-19-7-20-16(3-15(19)8-28)9-31(30-20)13-23-10-24(11-23,12-23)22(33)32-21(1-2-29-32)14-4-17(26)6-18(27)5-14/h2-7,9,21H,1,10-13H2. The van der Waals surface area contributed by atoms with Crippen LogP contribution >= 0.6 is 11.6 Å². The van der Waals surface area contributed by atoms with Crippen LogP contribution in [0.1, 0.15) is 42.9 Å². The Morgan fingerprint density at radius 2 is 1.91 bits per heavy atom. The van der Waals surface area contributed by atoms with Gasteiger partial charge in [-0.15, -0.1) is 0 Å². The van der Waals surface area contributed by atoms with E-state index in [1.165, 1.54) is 17.1 Å². The lowest BCUT2D eigenvalue weighted by atomic mass is 9.34. The van der Waals surface area contributed by atoms with Crippen molar-refractivity contribution in [1.29, 1.82) is 5.26 Å². The van der Waals surface area contributed by atoms with Gasteiger partial charge in [-0.2, -0.15) is 15.5 Å².